The minimum Gasteiger partial charge on any atom is -0.460 e. The number of nitro groups is 1. The molecule has 0 N–H and O–H groups in total. The summed E-state index contributed by atoms with van der Waals surface area (Å²) in [7, 11) is 0. The molecule has 0 aliphatic heterocycles. The van der Waals surface area contributed by atoms with E-state index in [1.807, 2.05) is 0 Å². The topological polar surface area (TPSA) is 99.4 Å². The van der Waals surface area contributed by atoms with E-state index in [4.69, 9.17) is 0 Å². The lowest BCUT2D eigenvalue weighted by Gasteiger charge is -2.00. The highest BCUT2D eigenvalue weighted by Gasteiger charge is 2.27. The molecule has 0 saturated carbocycles. The van der Waals surface area contributed by atoms with Crippen LogP contribution < -0.4 is 0 Å². The zero-order chi connectivity index (χ0) is 12.1. The molecule has 7 heteroatoms. The second kappa shape index (κ2) is 4.96. The fourth-order valence-electron chi connectivity index (χ4n) is 1.01. The smallest absolute Gasteiger partial charge is 0.381 e. The number of ether oxygens (including phenoxy) is 1. The Morgan fingerprint density at radius 3 is 2.81 bits per heavy atom. The third kappa shape index (κ3) is 2.38. The molecule has 0 radical (unpaired) electrons. The van der Waals surface area contributed by atoms with Crippen molar-refractivity contribution in [3.8, 4) is 0 Å². The van der Waals surface area contributed by atoms with Gasteiger partial charge in [-0.1, -0.05) is 0 Å². The second-order valence-electron chi connectivity index (χ2n) is 2.68. The number of nitrogens with zero attached hydrogens (tertiary/aromatic N) is 2. The first-order valence-corrected chi connectivity index (χ1v) is 4.38. The lowest BCUT2D eigenvalue weighted by molar-refractivity contribution is -0.385. The Bertz CT molecular complexity index is 443. The van der Waals surface area contributed by atoms with Gasteiger partial charge in [0.05, 0.1) is 11.5 Å². The maximum atomic E-state index is 11.4. The van der Waals surface area contributed by atoms with Gasteiger partial charge < -0.3 is 4.74 Å². The van der Waals surface area contributed by atoms with Gasteiger partial charge in [-0.3, -0.25) is 14.9 Å². The monoisotopic (exact) mass is 224 g/mol. The summed E-state index contributed by atoms with van der Waals surface area (Å²) in [5.74, 6) is -2.27. The van der Waals surface area contributed by atoms with Crippen molar-refractivity contribution in [2.45, 2.75) is 6.92 Å². The van der Waals surface area contributed by atoms with Crippen molar-refractivity contribution in [2.24, 2.45) is 0 Å². The zero-order valence-electron chi connectivity index (χ0n) is 8.37. The second-order valence-corrected chi connectivity index (χ2v) is 2.68. The third-order valence-electron chi connectivity index (χ3n) is 1.66. The summed E-state index contributed by atoms with van der Waals surface area (Å²) in [5.41, 5.74) is -1.02. The van der Waals surface area contributed by atoms with E-state index in [0.29, 0.717) is 0 Å². The van der Waals surface area contributed by atoms with Gasteiger partial charge in [0.2, 0.25) is 0 Å². The van der Waals surface area contributed by atoms with Crippen LogP contribution in [0, 0.1) is 10.1 Å². The molecule has 0 fully saturated rings. The number of Topliss-reactive ketones (excluding diaryl/α,β-unsaturated/α-hetero) is 1. The summed E-state index contributed by atoms with van der Waals surface area (Å²) in [6.07, 6.45) is 1.19. The molecule has 1 aromatic rings. The van der Waals surface area contributed by atoms with Crippen molar-refractivity contribution in [1.82, 2.24) is 4.98 Å². The predicted molar refractivity (Wildman–Crippen MR) is 51.9 cm³/mol. The van der Waals surface area contributed by atoms with Gasteiger partial charge in [-0.15, -0.1) is 0 Å². The van der Waals surface area contributed by atoms with Gasteiger partial charge in [0, 0.05) is 12.3 Å². The van der Waals surface area contributed by atoms with Crippen LogP contribution in [0.25, 0.3) is 0 Å². The first-order valence-electron chi connectivity index (χ1n) is 4.38. The fourth-order valence-corrected chi connectivity index (χ4v) is 1.01. The number of pyridine rings is 1. The lowest BCUT2D eigenvalue weighted by Crippen LogP contribution is -2.19. The van der Waals surface area contributed by atoms with Crippen LogP contribution in [0.5, 0.6) is 0 Å². The van der Waals surface area contributed by atoms with E-state index in [9.17, 15) is 19.7 Å². The number of hydrogen-bond acceptors (Lipinski definition) is 6. The Morgan fingerprint density at radius 2 is 2.25 bits per heavy atom. The van der Waals surface area contributed by atoms with E-state index < -0.39 is 28.1 Å². The van der Waals surface area contributed by atoms with Crippen molar-refractivity contribution in [1.29, 1.82) is 0 Å². The van der Waals surface area contributed by atoms with Crippen molar-refractivity contribution in [3.63, 3.8) is 0 Å². The predicted octanol–water partition coefficient (Wildman–Crippen LogP) is 0.736. The average Bonchev–Trinajstić information content (AvgIpc) is 2.28. The number of hydrogen-bond donors (Lipinski definition) is 0. The first-order chi connectivity index (χ1) is 7.57. The Kier molecular flexibility index (Phi) is 3.65. The van der Waals surface area contributed by atoms with E-state index in [2.05, 4.69) is 9.72 Å². The first kappa shape index (κ1) is 11.8. The number of aromatic nitrogens is 1. The summed E-state index contributed by atoms with van der Waals surface area (Å²) in [4.78, 5) is 35.8. The molecule has 0 atom stereocenters. The van der Waals surface area contributed by atoms with Gasteiger partial charge >= 0.3 is 5.97 Å². The van der Waals surface area contributed by atoms with Crippen molar-refractivity contribution in [2.75, 3.05) is 6.61 Å². The standard InChI is InChI=1S/C9H8N2O5/c1-2-16-9(13)8(12)7-6(11(14)15)4-3-5-10-7/h3-5H,2H2,1H3. The van der Waals surface area contributed by atoms with Crippen molar-refractivity contribution in [3.05, 3.63) is 34.1 Å². The average molecular weight is 224 g/mol. The van der Waals surface area contributed by atoms with Crippen LogP contribution in [0.4, 0.5) is 5.69 Å². The molecule has 0 saturated heterocycles. The van der Waals surface area contributed by atoms with Crippen LogP contribution in [0.2, 0.25) is 0 Å². The van der Waals surface area contributed by atoms with Gasteiger partial charge in [0.1, 0.15) is 0 Å². The van der Waals surface area contributed by atoms with Gasteiger partial charge in [-0.05, 0) is 13.0 Å². The van der Waals surface area contributed by atoms with Crippen molar-refractivity contribution < 1.29 is 19.2 Å². The Hall–Kier alpha value is -2.31. The maximum Gasteiger partial charge on any atom is 0.381 e. The summed E-state index contributed by atoms with van der Waals surface area (Å²) in [6.45, 7) is 1.54. The minimum absolute atomic E-state index is 0.0191. The number of esters is 1. The molecule has 7 nitrogen and oxygen atoms in total. The quantitative estimate of drug-likeness (QED) is 0.246. The number of carbonyl (C=O) groups excluding carboxylic acids is 2. The molecule has 0 spiro atoms. The fraction of sp³-hybridized carbons (Fsp3) is 0.222. The minimum atomic E-state index is -1.15. The van der Waals surface area contributed by atoms with Gasteiger partial charge in [-0.25, -0.2) is 9.78 Å². The van der Waals surface area contributed by atoms with Gasteiger partial charge in [0.25, 0.3) is 11.5 Å². The summed E-state index contributed by atoms with van der Waals surface area (Å²) >= 11 is 0. The van der Waals surface area contributed by atoms with Crippen LogP contribution in [0.15, 0.2) is 18.3 Å². The number of carbonyl (C=O) groups is 2. The molecular weight excluding hydrogens is 216 g/mol. The SMILES string of the molecule is CCOC(=O)C(=O)c1ncccc1[N+](=O)[O-]. The molecule has 1 aromatic heterocycles. The van der Waals surface area contributed by atoms with Gasteiger partial charge in [0.15, 0.2) is 5.69 Å². The molecule has 0 aliphatic carbocycles. The number of rotatable bonds is 4. The normalized spacial score (nSPS) is 9.56. The Labute approximate surface area is 90.2 Å². The summed E-state index contributed by atoms with van der Waals surface area (Å²) in [6, 6.07) is 2.40. The maximum absolute atomic E-state index is 11.4. The molecule has 0 unspecified atom stereocenters. The van der Waals surface area contributed by atoms with E-state index in [-0.39, 0.29) is 6.61 Å². The van der Waals surface area contributed by atoms with Gasteiger partial charge in [-0.2, -0.15) is 0 Å². The molecule has 0 aliphatic rings. The highest BCUT2D eigenvalue weighted by atomic mass is 16.6. The van der Waals surface area contributed by atoms with E-state index >= 15 is 0 Å². The van der Waals surface area contributed by atoms with E-state index in [0.717, 1.165) is 6.07 Å². The largest absolute Gasteiger partial charge is 0.460 e. The molecule has 16 heavy (non-hydrogen) atoms. The summed E-state index contributed by atoms with van der Waals surface area (Å²) in [5, 5.41) is 10.6. The molecular formula is C9H8N2O5. The third-order valence-corrected chi connectivity index (χ3v) is 1.66. The zero-order valence-corrected chi connectivity index (χ0v) is 8.37. The molecule has 1 heterocycles. The van der Waals surface area contributed by atoms with Crippen LogP contribution in [0.1, 0.15) is 17.4 Å². The van der Waals surface area contributed by atoms with E-state index in [1.54, 1.807) is 0 Å². The molecule has 1 rings (SSSR count). The van der Waals surface area contributed by atoms with Crippen LogP contribution in [0.3, 0.4) is 0 Å². The molecule has 0 bridgehead atoms. The molecule has 0 aromatic carbocycles. The van der Waals surface area contributed by atoms with Crippen molar-refractivity contribution >= 4 is 17.4 Å². The highest BCUT2D eigenvalue weighted by molar-refractivity contribution is 6.40. The van der Waals surface area contributed by atoms with Crippen LogP contribution >= 0.6 is 0 Å². The Balaban J connectivity index is 3.08. The highest BCUT2D eigenvalue weighted by Crippen LogP contribution is 2.15. The summed E-state index contributed by atoms with van der Waals surface area (Å²) < 4.78 is 4.44. The van der Waals surface area contributed by atoms with Crippen LogP contribution in [-0.4, -0.2) is 28.3 Å². The molecule has 84 valence electrons. The Morgan fingerprint density at radius 1 is 1.56 bits per heavy atom. The number of ketones is 1. The lowest BCUT2D eigenvalue weighted by atomic mass is 10.2. The van der Waals surface area contributed by atoms with Crippen LogP contribution in [-0.2, 0) is 9.53 Å². The van der Waals surface area contributed by atoms with E-state index in [1.165, 1.54) is 19.2 Å². The molecule has 0 amide bonds.